The fraction of sp³-hybridized carbons (Fsp3) is 0.176. The predicted octanol–water partition coefficient (Wildman–Crippen LogP) is 1.74. The van der Waals surface area contributed by atoms with E-state index in [1.165, 1.54) is 20.2 Å². The van der Waals surface area contributed by atoms with Gasteiger partial charge in [0.25, 0.3) is 5.91 Å². The molecule has 0 fully saturated rings. The van der Waals surface area contributed by atoms with Crippen LogP contribution in [0.3, 0.4) is 0 Å². The second-order valence-electron chi connectivity index (χ2n) is 5.27. The molecule has 124 valence electrons. The maximum atomic E-state index is 12.3. The van der Waals surface area contributed by atoms with E-state index in [-0.39, 0.29) is 17.3 Å². The van der Waals surface area contributed by atoms with E-state index in [1.807, 2.05) is 6.07 Å². The number of hydrogen-bond donors (Lipinski definition) is 1. The first kappa shape index (κ1) is 17.7. The largest absolute Gasteiger partial charge is 0.348 e. The molecule has 6 nitrogen and oxygen atoms in total. The Balaban J connectivity index is 2.18. The first-order valence-corrected chi connectivity index (χ1v) is 8.59. The predicted molar refractivity (Wildman–Crippen MR) is 89.6 cm³/mol. The number of hydrogen-bond acceptors (Lipinski definition) is 4. The summed E-state index contributed by atoms with van der Waals surface area (Å²) in [6.07, 6.45) is 0. The fourth-order valence-corrected chi connectivity index (χ4v) is 3.19. The van der Waals surface area contributed by atoms with Gasteiger partial charge in [-0.2, -0.15) is 5.26 Å². The standard InChI is InChI=1S/C17H17N3O3S/c1-20(2)24(22,23)16-6-4-3-5-15(16)12-19-17(21)14-9-7-13(11-18)8-10-14/h3-10H,12H2,1-2H3,(H,19,21). The van der Waals surface area contributed by atoms with Crippen LogP contribution in [0.5, 0.6) is 0 Å². The van der Waals surface area contributed by atoms with Gasteiger partial charge in [-0.1, -0.05) is 18.2 Å². The molecule has 0 radical (unpaired) electrons. The summed E-state index contributed by atoms with van der Waals surface area (Å²) in [6.45, 7) is 0.0854. The summed E-state index contributed by atoms with van der Waals surface area (Å²) < 4.78 is 25.8. The van der Waals surface area contributed by atoms with E-state index in [2.05, 4.69) is 5.32 Å². The molecule has 0 spiro atoms. The zero-order valence-corrected chi connectivity index (χ0v) is 14.2. The first-order valence-electron chi connectivity index (χ1n) is 7.15. The van der Waals surface area contributed by atoms with E-state index in [1.54, 1.807) is 42.5 Å². The molecule has 0 aromatic heterocycles. The monoisotopic (exact) mass is 343 g/mol. The van der Waals surface area contributed by atoms with Crippen molar-refractivity contribution in [2.45, 2.75) is 11.4 Å². The van der Waals surface area contributed by atoms with Gasteiger partial charge in [0.05, 0.1) is 16.5 Å². The minimum atomic E-state index is -3.58. The van der Waals surface area contributed by atoms with Gasteiger partial charge >= 0.3 is 0 Å². The molecular formula is C17H17N3O3S. The Morgan fingerprint density at radius 1 is 1.12 bits per heavy atom. The molecule has 2 aromatic rings. The molecule has 0 atom stereocenters. The lowest BCUT2D eigenvalue weighted by atomic mass is 10.1. The highest BCUT2D eigenvalue weighted by molar-refractivity contribution is 7.89. The smallest absolute Gasteiger partial charge is 0.251 e. The van der Waals surface area contributed by atoms with Gasteiger partial charge in [-0.15, -0.1) is 0 Å². The number of nitrogens with one attached hydrogen (secondary N) is 1. The number of sulfonamides is 1. The molecule has 0 saturated carbocycles. The summed E-state index contributed by atoms with van der Waals surface area (Å²) >= 11 is 0. The van der Waals surface area contributed by atoms with Gasteiger partial charge in [0, 0.05) is 26.2 Å². The molecule has 0 heterocycles. The quantitative estimate of drug-likeness (QED) is 0.895. The minimum absolute atomic E-state index is 0.0854. The number of nitrogens with zero attached hydrogens (tertiary/aromatic N) is 2. The molecule has 24 heavy (non-hydrogen) atoms. The van der Waals surface area contributed by atoms with Crippen LogP contribution in [-0.4, -0.2) is 32.7 Å². The maximum absolute atomic E-state index is 12.3. The molecule has 0 aliphatic carbocycles. The van der Waals surface area contributed by atoms with Crippen molar-refractivity contribution in [1.29, 1.82) is 5.26 Å². The van der Waals surface area contributed by atoms with Gasteiger partial charge < -0.3 is 5.32 Å². The van der Waals surface area contributed by atoms with Crippen LogP contribution < -0.4 is 5.32 Å². The van der Waals surface area contributed by atoms with Crippen molar-refractivity contribution in [3.8, 4) is 6.07 Å². The summed E-state index contributed by atoms with van der Waals surface area (Å²) in [5.74, 6) is -0.337. The van der Waals surface area contributed by atoms with Crippen molar-refractivity contribution in [3.05, 3.63) is 65.2 Å². The molecule has 0 bridgehead atoms. The Morgan fingerprint density at radius 3 is 2.33 bits per heavy atom. The average Bonchev–Trinajstić information content (AvgIpc) is 2.59. The highest BCUT2D eigenvalue weighted by Crippen LogP contribution is 2.18. The summed E-state index contributed by atoms with van der Waals surface area (Å²) in [7, 11) is -0.664. The minimum Gasteiger partial charge on any atom is -0.348 e. The molecule has 0 aliphatic rings. The zero-order chi connectivity index (χ0) is 17.7. The Labute approximate surface area is 141 Å². The van der Waals surface area contributed by atoms with Crippen molar-refractivity contribution in [2.24, 2.45) is 0 Å². The summed E-state index contributed by atoms with van der Waals surface area (Å²) in [4.78, 5) is 12.3. The lowest BCUT2D eigenvalue weighted by molar-refractivity contribution is 0.0950. The van der Waals surface area contributed by atoms with E-state index in [9.17, 15) is 13.2 Å². The second-order valence-corrected chi connectivity index (χ2v) is 7.39. The van der Waals surface area contributed by atoms with Crippen LogP contribution in [0.4, 0.5) is 0 Å². The Hall–Kier alpha value is -2.69. The maximum Gasteiger partial charge on any atom is 0.251 e. The molecular weight excluding hydrogens is 326 g/mol. The fourth-order valence-electron chi connectivity index (χ4n) is 2.07. The third kappa shape index (κ3) is 3.79. The van der Waals surface area contributed by atoms with Crippen LogP contribution in [-0.2, 0) is 16.6 Å². The topological polar surface area (TPSA) is 90.3 Å². The average molecular weight is 343 g/mol. The number of nitriles is 1. The second kappa shape index (κ2) is 7.25. The van der Waals surface area contributed by atoms with Gasteiger partial charge in [-0.3, -0.25) is 4.79 Å². The first-order chi connectivity index (χ1) is 11.4. The molecule has 7 heteroatoms. The van der Waals surface area contributed by atoms with Gasteiger partial charge in [-0.25, -0.2) is 12.7 Å². The van der Waals surface area contributed by atoms with Gasteiger partial charge in [0.2, 0.25) is 10.0 Å². The third-order valence-electron chi connectivity index (χ3n) is 3.45. The number of amides is 1. The lowest BCUT2D eigenvalue weighted by Crippen LogP contribution is -2.27. The SMILES string of the molecule is CN(C)S(=O)(=O)c1ccccc1CNC(=O)c1ccc(C#N)cc1. The van der Waals surface area contributed by atoms with E-state index in [4.69, 9.17) is 5.26 Å². The van der Waals surface area contributed by atoms with Gasteiger partial charge in [-0.05, 0) is 35.9 Å². The molecule has 0 saturated heterocycles. The van der Waals surface area contributed by atoms with Crippen molar-refractivity contribution in [3.63, 3.8) is 0 Å². The third-order valence-corrected chi connectivity index (χ3v) is 5.36. The number of benzene rings is 2. The normalized spacial score (nSPS) is 11.1. The molecule has 0 aliphatic heterocycles. The number of carbonyl (C=O) groups is 1. The van der Waals surface area contributed by atoms with E-state index in [0.717, 1.165) is 4.31 Å². The molecule has 2 rings (SSSR count). The summed E-state index contributed by atoms with van der Waals surface area (Å²) in [5.41, 5.74) is 1.38. The van der Waals surface area contributed by atoms with Crippen LogP contribution in [0.15, 0.2) is 53.4 Å². The van der Waals surface area contributed by atoms with Crippen molar-refractivity contribution < 1.29 is 13.2 Å². The van der Waals surface area contributed by atoms with E-state index < -0.39 is 10.0 Å². The van der Waals surface area contributed by atoms with Crippen LogP contribution >= 0.6 is 0 Å². The molecule has 0 unspecified atom stereocenters. The van der Waals surface area contributed by atoms with Gasteiger partial charge in [0.15, 0.2) is 0 Å². The zero-order valence-electron chi connectivity index (χ0n) is 13.4. The van der Waals surface area contributed by atoms with E-state index >= 15 is 0 Å². The highest BCUT2D eigenvalue weighted by Gasteiger charge is 2.20. The van der Waals surface area contributed by atoms with Crippen LogP contribution in [0.2, 0.25) is 0 Å². The Bertz CT molecular complexity index is 882. The highest BCUT2D eigenvalue weighted by atomic mass is 32.2. The van der Waals surface area contributed by atoms with Crippen LogP contribution in [0, 0.1) is 11.3 Å². The van der Waals surface area contributed by atoms with Gasteiger partial charge in [0.1, 0.15) is 0 Å². The Kier molecular flexibility index (Phi) is 5.34. The van der Waals surface area contributed by atoms with Crippen molar-refractivity contribution in [2.75, 3.05) is 14.1 Å². The summed E-state index contributed by atoms with van der Waals surface area (Å²) in [5, 5.41) is 11.5. The lowest BCUT2D eigenvalue weighted by Gasteiger charge is -2.15. The molecule has 1 N–H and O–H groups in total. The number of carbonyl (C=O) groups excluding carboxylic acids is 1. The molecule has 1 amide bonds. The van der Waals surface area contributed by atoms with E-state index in [0.29, 0.717) is 16.7 Å². The molecule has 2 aromatic carbocycles. The van der Waals surface area contributed by atoms with Crippen LogP contribution in [0.25, 0.3) is 0 Å². The van der Waals surface area contributed by atoms with Crippen molar-refractivity contribution >= 4 is 15.9 Å². The summed E-state index contributed by atoms with van der Waals surface area (Å²) in [6, 6.07) is 14.7. The van der Waals surface area contributed by atoms with Crippen molar-refractivity contribution in [1.82, 2.24) is 9.62 Å². The Morgan fingerprint density at radius 2 is 1.75 bits per heavy atom. The number of rotatable bonds is 5. The van der Waals surface area contributed by atoms with Crippen LogP contribution in [0.1, 0.15) is 21.5 Å².